The molecule has 28 heavy (non-hydrogen) atoms. The lowest BCUT2D eigenvalue weighted by molar-refractivity contribution is 0.281. The van der Waals surface area contributed by atoms with E-state index < -0.39 is 0 Å². The number of nitrogens with two attached hydrogens (primary N) is 1. The molecule has 1 saturated heterocycles. The Morgan fingerprint density at radius 2 is 1.96 bits per heavy atom. The molecular formula is C20H23ClFN5S. The van der Waals surface area contributed by atoms with Gasteiger partial charge in [-0.3, -0.25) is 10.3 Å². The number of nitrogens with one attached hydrogen (secondary N) is 1. The first-order valence-electron chi connectivity index (χ1n) is 9.11. The molecule has 1 aliphatic heterocycles. The van der Waals surface area contributed by atoms with Gasteiger partial charge in [0.2, 0.25) is 0 Å². The van der Waals surface area contributed by atoms with Crippen LogP contribution in [0.1, 0.15) is 17.5 Å². The first-order chi connectivity index (χ1) is 13.5. The van der Waals surface area contributed by atoms with Gasteiger partial charge in [-0.25, -0.2) is 4.39 Å². The first kappa shape index (κ1) is 20.5. The Balaban J connectivity index is 1.59. The summed E-state index contributed by atoms with van der Waals surface area (Å²) in [6.45, 7) is 4.13. The van der Waals surface area contributed by atoms with Crippen LogP contribution in [0.2, 0.25) is 5.02 Å². The lowest BCUT2D eigenvalue weighted by Crippen LogP contribution is -2.30. The molecule has 0 saturated carbocycles. The van der Waals surface area contributed by atoms with Crippen molar-refractivity contribution in [3.63, 3.8) is 0 Å². The summed E-state index contributed by atoms with van der Waals surface area (Å²) >= 11 is 10.9. The third kappa shape index (κ3) is 5.64. The summed E-state index contributed by atoms with van der Waals surface area (Å²) in [6.07, 6.45) is 2.68. The van der Waals surface area contributed by atoms with Gasteiger partial charge in [0.1, 0.15) is 5.82 Å². The molecule has 0 unspecified atom stereocenters. The van der Waals surface area contributed by atoms with E-state index in [0.717, 1.165) is 43.9 Å². The monoisotopic (exact) mass is 419 g/mol. The summed E-state index contributed by atoms with van der Waals surface area (Å²) in [5.41, 5.74) is 10.6. The van der Waals surface area contributed by atoms with Crippen LogP contribution in [0.3, 0.4) is 0 Å². The smallest absolute Gasteiger partial charge is 0.184 e. The van der Waals surface area contributed by atoms with Crippen LogP contribution in [0.15, 0.2) is 47.6 Å². The summed E-state index contributed by atoms with van der Waals surface area (Å²) in [5.74, 6) is -0.240. The lowest BCUT2D eigenvalue weighted by Gasteiger charge is -2.24. The second kappa shape index (κ2) is 9.82. The molecule has 0 aromatic heterocycles. The summed E-state index contributed by atoms with van der Waals surface area (Å²) < 4.78 is 14.1. The average molecular weight is 420 g/mol. The summed E-state index contributed by atoms with van der Waals surface area (Å²) in [7, 11) is 0. The quantitative estimate of drug-likeness (QED) is 0.442. The van der Waals surface area contributed by atoms with Gasteiger partial charge in [-0.15, -0.1) is 0 Å². The predicted molar refractivity (Wildman–Crippen MR) is 117 cm³/mol. The maximum Gasteiger partial charge on any atom is 0.184 e. The maximum atomic E-state index is 14.1. The Morgan fingerprint density at radius 1 is 1.18 bits per heavy atom. The van der Waals surface area contributed by atoms with E-state index in [2.05, 4.69) is 32.5 Å². The second-order valence-electron chi connectivity index (χ2n) is 6.64. The van der Waals surface area contributed by atoms with E-state index in [1.54, 1.807) is 18.3 Å². The van der Waals surface area contributed by atoms with Crippen molar-refractivity contribution in [3.05, 3.63) is 64.4 Å². The Kier molecular flexibility index (Phi) is 7.19. The van der Waals surface area contributed by atoms with Crippen molar-refractivity contribution in [2.45, 2.75) is 13.0 Å². The van der Waals surface area contributed by atoms with Crippen molar-refractivity contribution in [1.82, 2.24) is 10.3 Å². The zero-order valence-corrected chi connectivity index (χ0v) is 17.0. The molecule has 8 heteroatoms. The highest BCUT2D eigenvalue weighted by Crippen LogP contribution is 2.22. The fourth-order valence-electron chi connectivity index (χ4n) is 3.24. The van der Waals surface area contributed by atoms with Crippen molar-refractivity contribution >= 4 is 40.8 Å². The molecule has 3 rings (SSSR count). The van der Waals surface area contributed by atoms with E-state index in [-0.39, 0.29) is 10.9 Å². The zero-order valence-electron chi connectivity index (χ0n) is 15.4. The van der Waals surface area contributed by atoms with E-state index in [4.69, 9.17) is 29.6 Å². The van der Waals surface area contributed by atoms with Crippen molar-refractivity contribution in [2.24, 2.45) is 10.8 Å². The van der Waals surface area contributed by atoms with E-state index in [1.165, 1.54) is 6.07 Å². The van der Waals surface area contributed by atoms with Crippen LogP contribution >= 0.6 is 23.8 Å². The molecule has 1 aliphatic rings. The summed E-state index contributed by atoms with van der Waals surface area (Å²) in [4.78, 5) is 4.60. The van der Waals surface area contributed by atoms with Crippen molar-refractivity contribution in [2.75, 3.05) is 31.1 Å². The first-order valence-corrected chi connectivity index (χ1v) is 9.90. The van der Waals surface area contributed by atoms with Gasteiger partial charge in [0.15, 0.2) is 5.11 Å². The van der Waals surface area contributed by atoms with Crippen molar-refractivity contribution < 1.29 is 4.39 Å². The molecule has 0 radical (unpaired) electrons. The minimum Gasteiger partial charge on any atom is -0.375 e. The zero-order chi connectivity index (χ0) is 19.9. The number of rotatable bonds is 5. The van der Waals surface area contributed by atoms with Crippen LogP contribution in [0.4, 0.5) is 10.1 Å². The van der Waals surface area contributed by atoms with Gasteiger partial charge >= 0.3 is 0 Å². The van der Waals surface area contributed by atoms with Gasteiger partial charge in [-0.05, 0) is 48.5 Å². The molecule has 0 spiro atoms. The molecule has 1 heterocycles. The molecule has 3 N–H and O–H groups in total. The standard InChI is InChI=1S/C20H23ClFN5S/c21-18-3-1-4-19(22)17(18)14-26-9-2-10-27(12-11-26)16-7-5-15(6-8-16)13-24-25-20(23)28/h1,3-8,13H,2,9-12,14H2,(H3,23,25,28)/b24-13+. The number of thiocarbonyl (C=S) groups is 1. The van der Waals surface area contributed by atoms with E-state index in [9.17, 15) is 4.39 Å². The van der Waals surface area contributed by atoms with Gasteiger partial charge in [-0.2, -0.15) is 5.10 Å². The second-order valence-corrected chi connectivity index (χ2v) is 7.49. The molecule has 0 atom stereocenters. The summed E-state index contributed by atoms with van der Waals surface area (Å²) in [5, 5.41) is 4.59. The van der Waals surface area contributed by atoms with Gasteiger partial charge in [-0.1, -0.05) is 29.8 Å². The Morgan fingerprint density at radius 3 is 2.68 bits per heavy atom. The van der Waals surface area contributed by atoms with E-state index >= 15 is 0 Å². The number of hydrazone groups is 1. The van der Waals surface area contributed by atoms with E-state index in [1.807, 2.05) is 12.1 Å². The highest BCUT2D eigenvalue weighted by atomic mass is 35.5. The number of benzene rings is 2. The molecule has 1 fully saturated rings. The molecule has 5 nitrogen and oxygen atoms in total. The van der Waals surface area contributed by atoms with Gasteiger partial charge < -0.3 is 10.6 Å². The summed E-state index contributed by atoms with van der Waals surface area (Å²) in [6, 6.07) is 13.0. The number of anilines is 1. The third-order valence-corrected chi connectivity index (χ3v) is 5.12. The predicted octanol–water partition coefficient (Wildman–Crippen LogP) is 3.36. The maximum absolute atomic E-state index is 14.1. The molecule has 2 aromatic carbocycles. The Bertz CT molecular complexity index is 823. The third-order valence-electron chi connectivity index (χ3n) is 4.68. The molecule has 2 aromatic rings. The van der Waals surface area contributed by atoms with Gasteiger partial charge in [0, 0.05) is 49.0 Å². The minimum atomic E-state index is -0.240. The van der Waals surface area contributed by atoms with Gasteiger partial charge in [0.25, 0.3) is 0 Å². The average Bonchev–Trinajstić information content (AvgIpc) is 2.91. The largest absolute Gasteiger partial charge is 0.375 e. The molecule has 0 aliphatic carbocycles. The lowest BCUT2D eigenvalue weighted by atomic mass is 10.2. The Hall–Kier alpha value is -2.22. The number of hydrogen-bond donors (Lipinski definition) is 2. The van der Waals surface area contributed by atoms with Crippen LogP contribution in [-0.2, 0) is 6.54 Å². The SMILES string of the molecule is NC(=S)N/N=C/c1ccc(N2CCCN(Cc3c(F)cccc3Cl)CC2)cc1. The fraction of sp³-hybridized carbons (Fsp3) is 0.300. The molecular weight excluding hydrogens is 397 g/mol. The topological polar surface area (TPSA) is 56.9 Å². The van der Waals surface area contributed by atoms with Crippen molar-refractivity contribution in [1.29, 1.82) is 0 Å². The number of hydrogen-bond acceptors (Lipinski definition) is 4. The van der Waals surface area contributed by atoms with Crippen LogP contribution < -0.4 is 16.1 Å². The fourth-order valence-corrected chi connectivity index (χ4v) is 3.51. The van der Waals surface area contributed by atoms with Crippen molar-refractivity contribution in [3.8, 4) is 0 Å². The normalized spacial score (nSPS) is 15.6. The van der Waals surface area contributed by atoms with E-state index in [0.29, 0.717) is 17.1 Å². The van der Waals surface area contributed by atoms with Crippen LogP contribution in [0, 0.1) is 5.82 Å². The van der Waals surface area contributed by atoms with Crippen LogP contribution in [0.5, 0.6) is 0 Å². The van der Waals surface area contributed by atoms with Crippen LogP contribution in [0.25, 0.3) is 0 Å². The minimum absolute atomic E-state index is 0.138. The highest BCUT2D eigenvalue weighted by Gasteiger charge is 2.17. The highest BCUT2D eigenvalue weighted by molar-refractivity contribution is 7.80. The van der Waals surface area contributed by atoms with Gasteiger partial charge in [0.05, 0.1) is 6.21 Å². The molecule has 148 valence electrons. The Labute approximate surface area is 175 Å². The van der Waals surface area contributed by atoms with Crippen LogP contribution in [-0.4, -0.2) is 42.4 Å². The molecule has 0 bridgehead atoms. The number of halogens is 2. The number of nitrogens with zero attached hydrogens (tertiary/aromatic N) is 3. The molecule has 0 amide bonds.